The highest BCUT2D eigenvalue weighted by Gasteiger charge is 2.15. The molecule has 0 saturated carbocycles. The van der Waals surface area contributed by atoms with Crippen molar-refractivity contribution in [3.05, 3.63) is 41.5 Å². The van der Waals surface area contributed by atoms with Crippen molar-refractivity contribution in [3.8, 4) is 0 Å². The number of hydrogen-bond donors (Lipinski definition) is 0. The van der Waals surface area contributed by atoms with Crippen LogP contribution in [0, 0.1) is 0 Å². The molecular weight excluding hydrogens is 274 g/mol. The second kappa shape index (κ2) is 5.67. The summed E-state index contributed by atoms with van der Waals surface area (Å²) in [4.78, 5) is 18.3. The molecule has 0 radical (unpaired) electrons. The van der Waals surface area contributed by atoms with Gasteiger partial charge in [0.1, 0.15) is 5.15 Å². The number of carbonyl (C=O) groups excluding carboxylic acids is 1. The lowest BCUT2D eigenvalue weighted by atomic mass is 10.1. The summed E-state index contributed by atoms with van der Waals surface area (Å²) in [6.45, 7) is 4.13. The van der Waals surface area contributed by atoms with Crippen LogP contribution in [0.5, 0.6) is 0 Å². The highest BCUT2D eigenvalue weighted by molar-refractivity contribution is 6.30. The first-order valence-electron chi connectivity index (χ1n) is 6.45. The Morgan fingerprint density at radius 2 is 2.15 bits per heavy atom. The van der Waals surface area contributed by atoms with E-state index in [2.05, 4.69) is 18.8 Å². The molecule has 106 valence electrons. The fourth-order valence-electron chi connectivity index (χ4n) is 2.05. The maximum atomic E-state index is 12.3. The van der Waals surface area contributed by atoms with Crippen LogP contribution in [0.4, 0.5) is 0 Å². The van der Waals surface area contributed by atoms with E-state index in [1.165, 1.54) is 0 Å². The monoisotopic (exact) mass is 291 g/mol. The van der Waals surface area contributed by atoms with Gasteiger partial charge < -0.3 is 9.47 Å². The third-order valence-corrected chi connectivity index (χ3v) is 3.24. The van der Waals surface area contributed by atoms with Gasteiger partial charge in [-0.2, -0.15) is 0 Å². The number of halogens is 1. The van der Waals surface area contributed by atoms with E-state index in [0.717, 1.165) is 10.9 Å². The van der Waals surface area contributed by atoms with E-state index in [9.17, 15) is 4.79 Å². The molecule has 0 spiro atoms. The van der Waals surface area contributed by atoms with E-state index in [-0.39, 0.29) is 11.8 Å². The van der Waals surface area contributed by atoms with Crippen molar-refractivity contribution in [2.24, 2.45) is 0 Å². The first-order chi connectivity index (χ1) is 9.40. The fraction of sp³-hybridized carbons (Fsp3) is 0.333. The lowest BCUT2D eigenvalue weighted by molar-refractivity contribution is 0.104. The Kier molecular flexibility index (Phi) is 4.14. The molecule has 0 unspecified atom stereocenters. The molecule has 5 heteroatoms. The molecule has 0 aliphatic rings. The van der Waals surface area contributed by atoms with Gasteiger partial charge >= 0.3 is 0 Å². The number of carbonyl (C=O) groups is 1. The number of fused-ring (bicyclic) bond motifs is 1. The molecule has 0 aliphatic heterocycles. The van der Waals surface area contributed by atoms with Crippen LogP contribution >= 0.6 is 11.6 Å². The van der Waals surface area contributed by atoms with Crippen molar-refractivity contribution in [3.63, 3.8) is 0 Å². The molecule has 0 N–H and O–H groups in total. The first kappa shape index (κ1) is 14.6. The van der Waals surface area contributed by atoms with Crippen LogP contribution < -0.4 is 0 Å². The summed E-state index contributed by atoms with van der Waals surface area (Å²) >= 11 is 5.95. The predicted molar refractivity (Wildman–Crippen MR) is 82.3 cm³/mol. The zero-order valence-electron chi connectivity index (χ0n) is 12.1. The van der Waals surface area contributed by atoms with E-state index in [1.54, 1.807) is 24.5 Å². The highest BCUT2D eigenvalue weighted by Crippen LogP contribution is 2.26. The standard InChI is InChI=1S/C15H18ClN3O/c1-10(2)19-9-12(14(20)5-6-18(3)4)11-7-15(16)17-8-13(11)19/h5-10H,1-4H3. The van der Waals surface area contributed by atoms with Gasteiger partial charge in [-0.25, -0.2) is 4.98 Å². The predicted octanol–water partition coefficient (Wildman–Crippen LogP) is 3.53. The fourth-order valence-corrected chi connectivity index (χ4v) is 2.21. The average Bonchev–Trinajstić information content (AvgIpc) is 2.74. The molecule has 0 saturated heterocycles. The smallest absolute Gasteiger partial charge is 0.189 e. The lowest BCUT2D eigenvalue weighted by Gasteiger charge is -2.08. The number of ketones is 1. The van der Waals surface area contributed by atoms with Crippen molar-refractivity contribution < 1.29 is 4.79 Å². The Bertz CT molecular complexity index is 671. The Morgan fingerprint density at radius 3 is 2.75 bits per heavy atom. The van der Waals surface area contributed by atoms with Gasteiger partial charge in [0, 0.05) is 49.6 Å². The van der Waals surface area contributed by atoms with Gasteiger partial charge in [0.2, 0.25) is 0 Å². The van der Waals surface area contributed by atoms with Crippen LogP contribution in [0.15, 0.2) is 30.7 Å². The van der Waals surface area contributed by atoms with Crippen molar-refractivity contribution in [1.29, 1.82) is 0 Å². The van der Waals surface area contributed by atoms with Gasteiger partial charge in [-0.15, -0.1) is 0 Å². The molecule has 0 atom stereocenters. The molecule has 20 heavy (non-hydrogen) atoms. The molecule has 0 amide bonds. The number of pyridine rings is 1. The zero-order chi connectivity index (χ0) is 14.9. The first-order valence-corrected chi connectivity index (χ1v) is 6.83. The number of rotatable bonds is 4. The molecule has 0 aliphatic carbocycles. The number of nitrogens with zero attached hydrogens (tertiary/aromatic N) is 3. The molecule has 4 nitrogen and oxygen atoms in total. The molecule has 2 aromatic rings. The number of aromatic nitrogens is 2. The summed E-state index contributed by atoms with van der Waals surface area (Å²) in [6.07, 6.45) is 6.89. The molecular formula is C15H18ClN3O. The normalized spacial score (nSPS) is 11.7. The highest BCUT2D eigenvalue weighted by atomic mass is 35.5. The van der Waals surface area contributed by atoms with Gasteiger partial charge in [-0.1, -0.05) is 11.6 Å². The summed E-state index contributed by atoms with van der Waals surface area (Å²) in [5.41, 5.74) is 1.57. The number of allylic oxidation sites excluding steroid dienone is 1. The third-order valence-electron chi connectivity index (χ3n) is 3.03. The summed E-state index contributed by atoms with van der Waals surface area (Å²) in [6, 6.07) is 1.99. The minimum Gasteiger partial charge on any atom is -0.383 e. The van der Waals surface area contributed by atoms with Crippen LogP contribution in [0.25, 0.3) is 10.9 Å². The molecule has 0 fully saturated rings. The second-order valence-corrected chi connectivity index (χ2v) is 5.60. The maximum absolute atomic E-state index is 12.3. The third kappa shape index (κ3) is 2.85. The Hall–Kier alpha value is -1.81. The van der Waals surface area contributed by atoms with E-state index in [0.29, 0.717) is 10.7 Å². The minimum absolute atomic E-state index is 0.0367. The Balaban J connectivity index is 2.58. The van der Waals surface area contributed by atoms with Crippen LogP contribution in [0.2, 0.25) is 5.15 Å². The van der Waals surface area contributed by atoms with Gasteiger partial charge in [0.15, 0.2) is 5.78 Å². The average molecular weight is 292 g/mol. The SMILES string of the molecule is CC(C)n1cc(C(=O)C=CN(C)C)c2cc(Cl)ncc21. The van der Waals surface area contributed by atoms with Gasteiger partial charge in [0.05, 0.1) is 11.7 Å². The topological polar surface area (TPSA) is 38.1 Å². The Morgan fingerprint density at radius 1 is 1.45 bits per heavy atom. The van der Waals surface area contributed by atoms with Gasteiger partial charge in [-0.3, -0.25) is 4.79 Å². The minimum atomic E-state index is -0.0367. The van der Waals surface area contributed by atoms with Crippen molar-refractivity contribution in [1.82, 2.24) is 14.5 Å². The molecule has 2 rings (SSSR count). The van der Waals surface area contributed by atoms with E-state index < -0.39 is 0 Å². The summed E-state index contributed by atoms with van der Waals surface area (Å²) in [5.74, 6) is -0.0367. The van der Waals surface area contributed by atoms with Gasteiger partial charge in [0.25, 0.3) is 0 Å². The van der Waals surface area contributed by atoms with Gasteiger partial charge in [-0.05, 0) is 19.9 Å². The summed E-state index contributed by atoms with van der Waals surface area (Å²) in [5, 5.41) is 1.23. The maximum Gasteiger partial charge on any atom is 0.189 e. The van der Waals surface area contributed by atoms with Crippen LogP contribution in [-0.2, 0) is 0 Å². The van der Waals surface area contributed by atoms with Crippen molar-refractivity contribution in [2.45, 2.75) is 19.9 Å². The van der Waals surface area contributed by atoms with Crippen LogP contribution in [-0.4, -0.2) is 34.3 Å². The largest absolute Gasteiger partial charge is 0.383 e. The van der Waals surface area contributed by atoms with Crippen LogP contribution in [0.1, 0.15) is 30.2 Å². The molecule has 2 heterocycles. The summed E-state index contributed by atoms with van der Waals surface area (Å²) < 4.78 is 2.04. The number of hydrogen-bond acceptors (Lipinski definition) is 3. The molecule has 2 aromatic heterocycles. The summed E-state index contributed by atoms with van der Waals surface area (Å²) in [7, 11) is 3.75. The second-order valence-electron chi connectivity index (χ2n) is 5.21. The van der Waals surface area contributed by atoms with Crippen molar-refractivity contribution >= 4 is 28.3 Å². The van der Waals surface area contributed by atoms with Crippen LogP contribution in [0.3, 0.4) is 0 Å². The van der Waals surface area contributed by atoms with Crippen molar-refractivity contribution in [2.75, 3.05) is 14.1 Å². The molecule has 0 bridgehead atoms. The van der Waals surface area contributed by atoms with E-state index in [4.69, 9.17) is 11.6 Å². The zero-order valence-corrected chi connectivity index (χ0v) is 12.8. The molecule has 0 aromatic carbocycles. The quantitative estimate of drug-likeness (QED) is 0.491. The van der Waals surface area contributed by atoms with E-state index >= 15 is 0 Å². The Labute approximate surface area is 123 Å². The lowest BCUT2D eigenvalue weighted by Crippen LogP contribution is -2.03. The van der Waals surface area contributed by atoms with E-state index in [1.807, 2.05) is 29.8 Å².